The van der Waals surface area contributed by atoms with Gasteiger partial charge in [0.05, 0.1) is 17.1 Å². The zero-order chi connectivity index (χ0) is 28.2. The number of nitrogens with one attached hydrogen (secondary N) is 1. The van der Waals surface area contributed by atoms with E-state index in [1.165, 1.54) is 0 Å². The SMILES string of the molecule is Cc1nc2ccc(-c3ccnc(NC(=O)OC(C)(C)C)c3)nc2n1-c1ccc(N2CC3CN(C)CC3C2)c(F)c1. The van der Waals surface area contributed by atoms with Crippen LogP contribution in [0.15, 0.2) is 48.7 Å². The fraction of sp³-hybridized carbons (Fsp3) is 0.400. The third-order valence-corrected chi connectivity index (χ3v) is 7.56. The Kier molecular flexibility index (Phi) is 6.45. The second-order valence-corrected chi connectivity index (χ2v) is 11.9. The molecule has 2 aliphatic heterocycles. The first kappa shape index (κ1) is 26.2. The summed E-state index contributed by atoms with van der Waals surface area (Å²) in [6.07, 6.45) is 1.03. The van der Waals surface area contributed by atoms with Crippen molar-refractivity contribution in [2.75, 3.05) is 43.4 Å². The van der Waals surface area contributed by atoms with Crippen LogP contribution in [0.1, 0.15) is 26.6 Å². The minimum absolute atomic E-state index is 0.241. The molecule has 3 aromatic heterocycles. The molecule has 0 aliphatic carbocycles. The highest BCUT2D eigenvalue weighted by molar-refractivity contribution is 5.85. The van der Waals surface area contributed by atoms with Crippen LogP contribution in [0.5, 0.6) is 0 Å². The van der Waals surface area contributed by atoms with Crippen molar-refractivity contribution >= 4 is 28.8 Å². The number of imidazole rings is 1. The molecule has 6 rings (SSSR count). The fourth-order valence-corrected chi connectivity index (χ4v) is 5.92. The first-order valence-electron chi connectivity index (χ1n) is 13.6. The van der Waals surface area contributed by atoms with Crippen LogP contribution in [0, 0.1) is 24.6 Å². The van der Waals surface area contributed by atoms with E-state index in [4.69, 9.17) is 9.72 Å². The van der Waals surface area contributed by atoms with Gasteiger partial charge in [-0.1, -0.05) is 0 Å². The Morgan fingerprint density at radius 2 is 1.77 bits per heavy atom. The van der Waals surface area contributed by atoms with Crippen molar-refractivity contribution < 1.29 is 13.9 Å². The number of likely N-dealkylation sites (tertiary alicyclic amines) is 1. The Morgan fingerprint density at radius 3 is 2.48 bits per heavy atom. The van der Waals surface area contributed by atoms with E-state index < -0.39 is 11.7 Å². The van der Waals surface area contributed by atoms with Crippen LogP contribution in [0.4, 0.5) is 20.7 Å². The Morgan fingerprint density at radius 1 is 1.02 bits per heavy atom. The molecule has 208 valence electrons. The molecule has 2 saturated heterocycles. The zero-order valence-electron chi connectivity index (χ0n) is 23.5. The lowest BCUT2D eigenvalue weighted by Crippen LogP contribution is -2.27. The van der Waals surface area contributed by atoms with E-state index in [-0.39, 0.29) is 5.82 Å². The number of nitrogens with zero attached hydrogens (tertiary/aromatic N) is 6. The predicted octanol–water partition coefficient (Wildman–Crippen LogP) is 5.27. The molecule has 0 saturated carbocycles. The van der Waals surface area contributed by atoms with Crippen LogP contribution in [0.3, 0.4) is 0 Å². The second kappa shape index (κ2) is 9.85. The lowest BCUT2D eigenvalue weighted by Gasteiger charge is -2.22. The maximum absolute atomic E-state index is 15.5. The Balaban J connectivity index is 1.28. The number of hydrogen-bond donors (Lipinski definition) is 1. The van der Waals surface area contributed by atoms with Gasteiger partial charge in [0.2, 0.25) is 0 Å². The van der Waals surface area contributed by atoms with E-state index in [1.807, 2.05) is 41.8 Å². The average Bonchev–Trinajstić information content (AvgIpc) is 3.52. The number of aromatic nitrogens is 4. The number of ether oxygens (including phenoxy) is 1. The zero-order valence-corrected chi connectivity index (χ0v) is 23.5. The fourth-order valence-electron chi connectivity index (χ4n) is 5.92. The molecule has 0 spiro atoms. The minimum atomic E-state index is -0.618. The minimum Gasteiger partial charge on any atom is -0.444 e. The molecular formula is C30H34FN7O2. The van der Waals surface area contributed by atoms with E-state index in [9.17, 15) is 4.79 Å². The average molecular weight is 544 g/mol. The van der Waals surface area contributed by atoms with Crippen LogP contribution < -0.4 is 10.2 Å². The van der Waals surface area contributed by atoms with Gasteiger partial charge in [0.25, 0.3) is 0 Å². The number of pyridine rings is 2. The number of hydrogen-bond acceptors (Lipinski definition) is 7. The molecule has 40 heavy (non-hydrogen) atoms. The van der Waals surface area contributed by atoms with Crippen LogP contribution >= 0.6 is 0 Å². The van der Waals surface area contributed by atoms with Gasteiger partial charge in [-0.15, -0.1) is 0 Å². The summed E-state index contributed by atoms with van der Waals surface area (Å²) in [5.41, 5.74) is 3.48. The van der Waals surface area contributed by atoms with E-state index in [2.05, 4.69) is 32.1 Å². The molecule has 0 bridgehead atoms. The molecule has 4 aromatic rings. The number of halogens is 1. The molecule has 10 heteroatoms. The molecule has 2 unspecified atom stereocenters. The van der Waals surface area contributed by atoms with Gasteiger partial charge in [-0.05, 0) is 83.0 Å². The van der Waals surface area contributed by atoms with Crippen molar-refractivity contribution in [1.29, 1.82) is 0 Å². The molecule has 9 nitrogen and oxygen atoms in total. The van der Waals surface area contributed by atoms with E-state index in [0.717, 1.165) is 31.7 Å². The maximum Gasteiger partial charge on any atom is 0.413 e. The van der Waals surface area contributed by atoms with Gasteiger partial charge in [-0.3, -0.25) is 9.88 Å². The summed E-state index contributed by atoms with van der Waals surface area (Å²) in [5, 5.41) is 2.67. The molecule has 2 atom stereocenters. The second-order valence-electron chi connectivity index (χ2n) is 11.9. The van der Waals surface area contributed by atoms with Gasteiger partial charge < -0.3 is 14.5 Å². The smallest absolute Gasteiger partial charge is 0.413 e. The lowest BCUT2D eigenvalue weighted by molar-refractivity contribution is 0.0635. The summed E-state index contributed by atoms with van der Waals surface area (Å²) >= 11 is 0. The topological polar surface area (TPSA) is 88.4 Å². The third-order valence-electron chi connectivity index (χ3n) is 7.56. The molecule has 5 heterocycles. The number of carbonyl (C=O) groups is 1. The van der Waals surface area contributed by atoms with Gasteiger partial charge in [0.1, 0.15) is 28.6 Å². The van der Waals surface area contributed by atoms with Crippen molar-refractivity contribution in [2.45, 2.75) is 33.3 Å². The molecule has 2 aliphatic rings. The molecule has 2 fully saturated rings. The monoisotopic (exact) mass is 543 g/mol. The van der Waals surface area contributed by atoms with Crippen LogP contribution in [0.25, 0.3) is 28.1 Å². The van der Waals surface area contributed by atoms with Crippen molar-refractivity contribution in [2.24, 2.45) is 11.8 Å². The summed E-state index contributed by atoms with van der Waals surface area (Å²) in [6.45, 7) is 11.2. The predicted molar refractivity (Wildman–Crippen MR) is 153 cm³/mol. The van der Waals surface area contributed by atoms with Crippen molar-refractivity contribution in [3.8, 4) is 16.9 Å². The van der Waals surface area contributed by atoms with Gasteiger partial charge in [-0.2, -0.15) is 0 Å². The number of benzene rings is 1. The lowest BCUT2D eigenvalue weighted by atomic mass is 10.0. The molecule has 1 N–H and O–H groups in total. The van der Waals surface area contributed by atoms with Crippen molar-refractivity contribution in [1.82, 2.24) is 24.4 Å². The van der Waals surface area contributed by atoms with Gasteiger partial charge in [0.15, 0.2) is 5.65 Å². The number of aryl methyl sites for hydroxylation is 1. The summed E-state index contributed by atoms with van der Waals surface area (Å²) in [7, 11) is 2.16. The van der Waals surface area contributed by atoms with Crippen LogP contribution in [-0.2, 0) is 4.74 Å². The van der Waals surface area contributed by atoms with E-state index >= 15 is 4.39 Å². The van der Waals surface area contributed by atoms with Gasteiger partial charge in [0, 0.05) is 44.0 Å². The summed E-state index contributed by atoms with van der Waals surface area (Å²) < 4.78 is 22.7. The Bertz CT molecular complexity index is 1580. The highest BCUT2D eigenvalue weighted by Gasteiger charge is 2.39. The summed E-state index contributed by atoms with van der Waals surface area (Å²) in [6, 6.07) is 12.7. The van der Waals surface area contributed by atoms with Gasteiger partial charge in [-0.25, -0.2) is 24.1 Å². The van der Waals surface area contributed by atoms with Crippen molar-refractivity contribution in [3.05, 3.63) is 60.3 Å². The molecule has 1 amide bonds. The van der Waals surface area contributed by atoms with E-state index in [1.54, 1.807) is 39.1 Å². The highest BCUT2D eigenvalue weighted by atomic mass is 19.1. The molecular weight excluding hydrogens is 509 g/mol. The largest absolute Gasteiger partial charge is 0.444 e. The molecule has 1 aromatic carbocycles. The van der Waals surface area contributed by atoms with Crippen molar-refractivity contribution in [3.63, 3.8) is 0 Å². The van der Waals surface area contributed by atoms with Gasteiger partial charge >= 0.3 is 6.09 Å². The van der Waals surface area contributed by atoms with E-state index in [0.29, 0.717) is 51.7 Å². The Hall–Kier alpha value is -4.05. The molecule has 0 radical (unpaired) electrons. The number of rotatable bonds is 4. The number of amides is 1. The summed E-state index contributed by atoms with van der Waals surface area (Å²) in [5.74, 6) is 2.02. The first-order valence-corrected chi connectivity index (χ1v) is 13.6. The standard InChI is InChI=1S/C30H34FN7O2/c1-18-33-25-8-7-24(19-10-11-32-27(12-19)35-29(39)40-30(2,3)4)34-28(25)38(18)22-6-9-26(23(31)13-22)37-16-20-14-36(5)15-21(20)17-37/h6-13,20-21H,14-17H2,1-5H3,(H,32,35,39). The summed E-state index contributed by atoms with van der Waals surface area (Å²) in [4.78, 5) is 30.6. The normalized spacial score (nSPS) is 19.3. The number of anilines is 2. The first-order chi connectivity index (χ1) is 19.0. The third kappa shape index (κ3) is 5.11. The number of carbonyl (C=O) groups excluding carboxylic acids is 1. The highest BCUT2D eigenvalue weighted by Crippen LogP contribution is 2.35. The number of fused-ring (bicyclic) bond motifs is 2. The maximum atomic E-state index is 15.5. The van der Waals surface area contributed by atoms with Crippen LogP contribution in [0.2, 0.25) is 0 Å². The quantitative estimate of drug-likeness (QED) is 0.375. The Labute approximate surface area is 233 Å². The van der Waals surface area contributed by atoms with Crippen LogP contribution in [-0.4, -0.2) is 69.3 Å².